The highest BCUT2D eigenvalue weighted by atomic mass is 16.9. The Hall–Kier alpha value is -7.08. The molecule has 0 atom stereocenters. The lowest BCUT2D eigenvalue weighted by Gasteiger charge is -2.27. The molecule has 388 valence electrons. The van der Waals surface area contributed by atoms with E-state index in [0.717, 1.165) is 77.0 Å². The van der Waals surface area contributed by atoms with Gasteiger partial charge in [-0.2, -0.15) is 0 Å². The average molecular weight is 986 g/mol. The molecular weight excluding hydrogens is 922 g/mol. The fraction of sp³-hybridized carbons (Fsp3) is 0.684. The minimum absolute atomic E-state index is 0.00391. The summed E-state index contributed by atoms with van der Waals surface area (Å²) in [5.74, 6) is -5.31. The van der Waals surface area contributed by atoms with Gasteiger partial charge in [0.2, 0.25) is 34.0 Å². The lowest BCUT2D eigenvalue weighted by Crippen LogP contribution is -2.45. The summed E-state index contributed by atoms with van der Waals surface area (Å²) in [5, 5.41) is 5.87. The number of carbonyl (C=O) groups excluding carboxylic acids is 12. The van der Waals surface area contributed by atoms with Gasteiger partial charge in [0.05, 0.1) is 0 Å². The Labute approximate surface area is 390 Å². The number of nitrogens with zero attached hydrogens (tertiary/aromatic N) is 3. The van der Waals surface area contributed by atoms with Crippen molar-refractivity contribution in [2.45, 2.75) is 79.6 Å². The highest BCUT2D eigenvalue weighted by Crippen LogP contribution is 2.12. The van der Waals surface area contributed by atoms with Crippen molar-refractivity contribution in [2.24, 2.45) is 11.5 Å². The molecule has 0 radical (unpaired) electrons. The number of esters is 6. The Bertz CT molecular complexity index is 1520. The lowest BCUT2D eigenvalue weighted by atomic mass is 10.2. The van der Waals surface area contributed by atoms with Crippen LogP contribution in [0.25, 0.3) is 0 Å². The first kappa shape index (κ1) is 63.0. The van der Waals surface area contributed by atoms with E-state index in [9.17, 15) is 57.5 Å². The molecule has 5 amide bonds. The number of hydrogen-bond acceptors (Lipinski definition) is 26. The van der Waals surface area contributed by atoms with E-state index in [0.29, 0.717) is 5.06 Å². The third-order valence-corrected chi connectivity index (χ3v) is 7.43. The number of ether oxygens (including phenoxy) is 10. The Balaban J connectivity index is 0. The number of unbranched alkanes of at least 4 members (excludes halogenated alkanes) is 2. The predicted molar refractivity (Wildman–Crippen MR) is 223 cm³/mol. The minimum atomic E-state index is -1.29. The number of alkyl carbamates (subject to hydrolysis) is 1. The zero-order chi connectivity index (χ0) is 51.7. The van der Waals surface area contributed by atoms with Crippen molar-refractivity contribution in [1.29, 1.82) is 0 Å². The summed E-state index contributed by atoms with van der Waals surface area (Å²) in [6.45, 7) is 5.08. The number of hydrogen-bond donors (Lipinski definition) is 4. The number of carbonyl (C=O) groups is 12. The molecule has 1 heterocycles. The monoisotopic (exact) mass is 985 g/mol. The molecule has 0 aromatic heterocycles. The second-order valence-electron chi connectivity index (χ2n) is 13.0. The van der Waals surface area contributed by atoms with Crippen molar-refractivity contribution in [2.75, 3.05) is 92.9 Å². The predicted octanol–water partition coefficient (Wildman–Crippen LogP) is -0.616. The van der Waals surface area contributed by atoms with Crippen LogP contribution < -0.4 is 22.1 Å². The van der Waals surface area contributed by atoms with E-state index in [1.165, 1.54) is 12.8 Å². The third-order valence-electron chi connectivity index (χ3n) is 7.43. The van der Waals surface area contributed by atoms with Crippen molar-refractivity contribution in [1.82, 2.24) is 25.5 Å². The van der Waals surface area contributed by atoms with Crippen LogP contribution in [-0.2, 0) is 90.6 Å². The zero-order valence-corrected chi connectivity index (χ0v) is 38.7. The summed E-state index contributed by atoms with van der Waals surface area (Å²) < 4.78 is 45.8. The molecule has 0 aromatic rings. The molecule has 1 rings (SSSR count). The molecule has 0 spiro atoms. The molecule has 0 unspecified atom stereocenters. The molecular formula is C38H63N7O23. The topological polar surface area (TPSA) is 392 Å². The van der Waals surface area contributed by atoms with E-state index in [1.807, 2.05) is 0 Å². The second kappa shape index (κ2) is 40.2. The summed E-state index contributed by atoms with van der Waals surface area (Å²) in [6.07, 6.45) is -0.706. The molecule has 1 fully saturated rings. The van der Waals surface area contributed by atoms with Crippen LogP contribution in [0.5, 0.6) is 0 Å². The normalized spacial score (nSPS) is 11.1. The van der Waals surface area contributed by atoms with E-state index in [2.05, 4.69) is 48.6 Å². The molecule has 0 aliphatic carbocycles. The fourth-order valence-corrected chi connectivity index (χ4v) is 4.23. The number of imide groups is 1. The maximum atomic E-state index is 12.6. The number of nitrogens with two attached hydrogens (primary N) is 2. The van der Waals surface area contributed by atoms with Crippen LogP contribution in [0.4, 0.5) is 19.2 Å². The summed E-state index contributed by atoms with van der Waals surface area (Å²) in [7, 11) is 0. The Morgan fingerprint density at radius 3 is 1.43 bits per heavy atom. The Morgan fingerprint density at radius 2 is 0.956 bits per heavy atom. The molecule has 30 nitrogen and oxygen atoms in total. The number of amides is 5. The standard InChI is InChI=1S/C23H35N3O16.C8H9NO7.C7H19N3/c1-16(27)35-12-39-20(31)6-5-8-25(22(33)41-14-37-18(3)29)10-11-26(23(34)42-15-38-19(4)30)9-7-24-21(32)40-13-36-17(2)28;1-5(10)14-4-15-8(13)16-9-6(11)2-3-7(9)12;8-4-2-1-3-6-10-7-5-9/h5-15H2,1-4H3,(H,24,32);2-4H2,1H3;10H,1-9H2. The maximum Gasteiger partial charge on any atom is 0.536 e. The van der Waals surface area contributed by atoms with Crippen molar-refractivity contribution < 1.29 is 110 Å². The Kier molecular flexibility index (Phi) is 37.3. The van der Waals surface area contributed by atoms with E-state index in [4.69, 9.17) is 25.7 Å². The molecule has 68 heavy (non-hydrogen) atoms. The number of hydroxylamine groups is 2. The van der Waals surface area contributed by atoms with Crippen LogP contribution in [0.15, 0.2) is 0 Å². The second-order valence-corrected chi connectivity index (χ2v) is 13.0. The smallest absolute Gasteiger partial charge is 0.428 e. The quantitative estimate of drug-likeness (QED) is 0.0250. The van der Waals surface area contributed by atoms with Crippen LogP contribution >= 0.6 is 0 Å². The highest BCUT2D eigenvalue weighted by molar-refractivity contribution is 6.01. The number of nitrogens with one attached hydrogen (secondary N) is 2. The summed E-state index contributed by atoms with van der Waals surface area (Å²) in [6, 6.07) is 0. The molecule has 1 aliphatic rings. The van der Waals surface area contributed by atoms with Gasteiger partial charge in [0.1, 0.15) is 0 Å². The van der Waals surface area contributed by atoms with Gasteiger partial charge < -0.3 is 79.3 Å². The molecule has 6 N–H and O–H groups in total. The minimum Gasteiger partial charge on any atom is -0.428 e. The largest absolute Gasteiger partial charge is 0.536 e. The number of rotatable bonds is 28. The zero-order valence-electron chi connectivity index (χ0n) is 38.7. The summed E-state index contributed by atoms with van der Waals surface area (Å²) in [5.41, 5.74) is 10.6. The SMILES string of the molecule is CC(=O)OCOC(=O)CCCN(CCN(CCNC(=O)OCOC(C)=O)C(=O)OCOC(C)=O)C(=O)OCOC(C)=O.CC(=O)OCOC(=O)ON1C(=O)CCC1=O.NCCCCCNCCN. The highest BCUT2D eigenvalue weighted by Gasteiger charge is 2.33. The lowest BCUT2D eigenvalue weighted by molar-refractivity contribution is -0.182. The van der Waals surface area contributed by atoms with Gasteiger partial charge in [-0.15, -0.1) is 0 Å². The van der Waals surface area contributed by atoms with Gasteiger partial charge in [-0.05, 0) is 32.4 Å². The first-order valence-corrected chi connectivity index (χ1v) is 20.6. The van der Waals surface area contributed by atoms with Crippen LogP contribution in [0.3, 0.4) is 0 Å². The summed E-state index contributed by atoms with van der Waals surface area (Å²) >= 11 is 0. The average Bonchev–Trinajstić information content (AvgIpc) is 3.57. The van der Waals surface area contributed by atoms with Gasteiger partial charge in [-0.1, -0.05) is 11.5 Å². The molecule has 1 saturated heterocycles. The van der Waals surface area contributed by atoms with Gasteiger partial charge in [-0.3, -0.25) is 43.2 Å². The van der Waals surface area contributed by atoms with Crippen LogP contribution in [0.1, 0.15) is 79.6 Å². The fourth-order valence-electron chi connectivity index (χ4n) is 4.23. The molecule has 0 bridgehead atoms. The third kappa shape index (κ3) is 38.2. The van der Waals surface area contributed by atoms with E-state index >= 15 is 0 Å². The maximum absolute atomic E-state index is 12.6. The van der Waals surface area contributed by atoms with E-state index in [-0.39, 0.29) is 58.4 Å². The first-order chi connectivity index (χ1) is 32.2. The van der Waals surface area contributed by atoms with E-state index in [1.54, 1.807) is 0 Å². The van der Waals surface area contributed by atoms with Gasteiger partial charge in [-0.25, -0.2) is 19.2 Å². The molecule has 0 saturated carbocycles. The van der Waals surface area contributed by atoms with Crippen molar-refractivity contribution in [3.63, 3.8) is 0 Å². The van der Waals surface area contributed by atoms with Gasteiger partial charge in [0, 0.05) is 99.7 Å². The van der Waals surface area contributed by atoms with Gasteiger partial charge in [0.25, 0.3) is 11.8 Å². The summed E-state index contributed by atoms with van der Waals surface area (Å²) in [4.78, 5) is 142. The van der Waals surface area contributed by atoms with Crippen molar-refractivity contribution >= 4 is 72.1 Å². The van der Waals surface area contributed by atoms with Crippen LogP contribution in [0.2, 0.25) is 0 Å². The van der Waals surface area contributed by atoms with Gasteiger partial charge >= 0.3 is 60.3 Å². The molecule has 0 aromatic carbocycles. The van der Waals surface area contributed by atoms with Crippen molar-refractivity contribution in [3.05, 3.63) is 0 Å². The molecule has 1 aliphatic heterocycles. The van der Waals surface area contributed by atoms with Crippen LogP contribution in [-0.4, -0.2) is 180 Å². The van der Waals surface area contributed by atoms with Gasteiger partial charge in [0.15, 0.2) is 0 Å². The van der Waals surface area contributed by atoms with Crippen LogP contribution in [0, 0.1) is 0 Å². The van der Waals surface area contributed by atoms with E-state index < -0.39 is 106 Å². The first-order valence-electron chi connectivity index (χ1n) is 20.6. The molecule has 30 heteroatoms. The Morgan fingerprint density at radius 1 is 0.500 bits per heavy atom. The van der Waals surface area contributed by atoms with Crippen molar-refractivity contribution in [3.8, 4) is 0 Å².